The lowest BCUT2D eigenvalue weighted by molar-refractivity contribution is -0.120. The molecule has 1 unspecified atom stereocenters. The standard InChI is InChI=1S/C11H17N3OS/c1-4-5-12-7-10(15)14-9(3)11-13-6-8(2)16-11/h4,6,9,12H,1,5,7H2,2-3H3,(H,14,15). The monoisotopic (exact) mass is 239 g/mol. The zero-order valence-corrected chi connectivity index (χ0v) is 10.4. The molecule has 1 atom stereocenters. The Hall–Kier alpha value is -1.20. The maximum absolute atomic E-state index is 11.5. The first kappa shape index (κ1) is 12.9. The number of aryl methyl sites for hydroxylation is 1. The van der Waals surface area contributed by atoms with E-state index >= 15 is 0 Å². The third-order valence-electron chi connectivity index (χ3n) is 1.96. The van der Waals surface area contributed by atoms with Crippen molar-refractivity contribution in [1.29, 1.82) is 0 Å². The smallest absolute Gasteiger partial charge is 0.234 e. The molecule has 0 radical (unpaired) electrons. The minimum atomic E-state index is -0.0308. The summed E-state index contributed by atoms with van der Waals surface area (Å²) in [4.78, 5) is 16.9. The van der Waals surface area contributed by atoms with Gasteiger partial charge in [-0.1, -0.05) is 6.08 Å². The summed E-state index contributed by atoms with van der Waals surface area (Å²) >= 11 is 1.60. The van der Waals surface area contributed by atoms with E-state index in [0.29, 0.717) is 13.1 Å². The fourth-order valence-corrected chi connectivity index (χ4v) is 1.99. The summed E-state index contributed by atoms with van der Waals surface area (Å²) < 4.78 is 0. The van der Waals surface area contributed by atoms with Crippen molar-refractivity contribution < 1.29 is 4.79 Å². The van der Waals surface area contributed by atoms with Crippen molar-refractivity contribution in [2.45, 2.75) is 19.9 Å². The highest BCUT2D eigenvalue weighted by Gasteiger charge is 2.11. The zero-order valence-electron chi connectivity index (χ0n) is 9.62. The Morgan fingerprint density at radius 2 is 2.50 bits per heavy atom. The van der Waals surface area contributed by atoms with Crippen LogP contribution in [0.1, 0.15) is 22.9 Å². The number of carbonyl (C=O) groups excluding carboxylic acids is 1. The highest BCUT2D eigenvalue weighted by molar-refractivity contribution is 7.11. The number of carbonyl (C=O) groups is 1. The van der Waals surface area contributed by atoms with Crippen molar-refractivity contribution in [3.05, 3.63) is 28.7 Å². The van der Waals surface area contributed by atoms with Crippen molar-refractivity contribution in [3.8, 4) is 0 Å². The lowest BCUT2D eigenvalue weighted by Gasteiger charge is -2.11. The molecule has 1 heterocycles. The summed E-state index contributed by atoms with van der Waals surface area (Å²) in [5.41, 5.74) is 0. The predicted molar refractivity (Wildman–Crippen MR) is 66.5 cm³/mol. The van der Waals surface area contributed by atoms with Gasteiger partial charge in [-0.3, -0.25) is 4.79 Å². The molecule has 5 heteroatoms. The number of thiazole rings is 1. The fourth-order valence-electron chi connectivity index (χ4n) is 1.21. The number of hydrogen-bond donors (Lipinski definition) is 2. The summed E-state index contributed by atoms with van der Waals surface area (Å²) in [5, 5.41) is 6.77. The Morgan fingerprint density at radius 3 is 3.06 bits per heavy atom. The van der Waals surface area contributed by atoms with E-state index in [1.54, 1.807) is 17.4 Å². The molecule has 1 aromatic heterocycles. The molecule has 88 valence electrons. The molecule has 0 aliphatic rings. The molecule has 0 saturated carbocycles. The molecule has 0 fully saturated rings. The van der Waals surface area contributed by atoms with Gasteiger partial charge in [-0.25, -0.2) is 4.98 Å². The van der Waals surface area contributed by atoms with Gasteiger partial charge in [0.25, 0.3) is 0 Å². The van der Waals surface area contributed by atoms with Crippen molar-refractivity contribution in [2.24, 2.45) is 0 Å². The van der Waals surface area contributed by atoms with Crippen LogP contribution in [0.5, 0.6) is 0 Å². The number of amides is 1. The average molecular weight is 239 g/mol. The second kappa shape index (κ2) is 6.40. The third-order valence-corrected chi connectivity index (χ3v) is 3.06. The van der Waals surface area contributed by atoms with Crippen molar-refractivity contribution in [3.63, 3.8) is 0 Å². The van der Waals surface area contributed by atoms with E-state index in [-0.39, 0.29) is 11.9 Å². The van der Waals surface area contributed by atoms with E-state index in [2.05, 4.69) is 22.2 Å². The van der Waals surface area contributed by atoms with Gasteiger partial charge < -0.3 is 10.6 Å². The largest absolute Gasteiger partial charge is 0.346 e. The van der Waals surface area contributed by atoms with Crippen LogP contribution in [-0.4, -0.2) is 24.0 Å². The lowest BCUT2D eigenvalue weighted by atomic mass is 10.3. The maximum Gasteiger partial charge on any atom is 0.234 e. The first-order valence-corrected chi connectivity index (χ1v) is 5.98. The summed E-state index contributed by atoms with van der Waals surface area (Å²) in [6, 6.07) is -0.0308. The first-order valence-electron chi connectivity index (χ1n) is 5.16. The third kappa shape index (κ3) is 4.12. The number of rotatable bonds is 6. The summed E-state index contributed by atoms with van der Waals surface area (Å²) in [6.07, 6.45) is 3.54. The van der Waals surface area contributed by atoms with Crippen molar-refractivity contribution >= 4 is 17.2 Å². The summed E-state index contributed by atoms with van der Waals surface area (Å²) in [6.45, 7) is 8.45. The molecule has 4 nitrogen and oxygen atoms in total. The van der Waals surface area contributed by atoms with Gasteiger partial charge in [-0.2, -0.15) is 0 Å². The minimum Gasteiger partial charge on any atom is -0.346 e. The second-order valence-corrected chi connectivity index (χ2v) is 4.78. The van der Waals surface area contributed by atoms with Crippen LogP contribution in [0.2, 0.25) is 0 Å². The Labute approximate surface area is 99.8 Å². The van der Waals surface area contributed by atoms with Crippen LogP contribution >= 0.6 is 11.3 Å². The van der Waals surface area contributed by atoms with Crippen LogP contribution in [0.25, 0.3) is 0 Å². The number of nitrogens with zero attached hydrogens (tertiary/aromatic N) is 1. The summed E-state index contributed by atoms with van der Waals surface area (Å²) in [7, 11) is 0. The molecule has 1 amide bonds. The van der Waals surface area contributed by atoms with E-state index in [4.69, 9.17) is 0 Å². The van der Waals surface area contributed by atoms with Gasteiger partial charge in [-0.05, 0) is 13.8 Å². The van der Waals surface area contributed by atoms with Gasteiger partial charge >= 0.3 is 0 Å². The van der Waals surface area contributed by atoms with Crippen LogP contribution in [0.4, 0.5) is 0 Å². The topological polar surface area (TPSA) is 54.0 Å². The molecule has 0 saturated heterocycles. The van der Waals surface area contributed by atoms with Crippen LogP contribution in [-0.2, 0) is 4.79 Å². The molecule has 0 spiro atoms. The van der Waals surface area contributed by atoms with Crippen molar-refractivity contribution in [2.75, 3.05) is 13.1 Å². The zero-order chi connectivity index (χ0) is 12.0. The molecule has 0 aliphatic carbocycles. The van der Waals surface area contributed by atoms with E-state index in [1.165, 1.54) is 0 Å². The van der Waals surface area contributed by atoms with Gasteiger partial charge in [0.05, 0.1) is 12.6 Å². The maximum atomic E-state index is 11.5. The molecular formula is C11H17N3OS. The van der Waals surface area contributed by atoms with Gasteiger partial charge in [0, 0.05) is 17.6 Å². The normalized spacial score (nSPS) is 12.1. The van der Waals surface area contributed by atoms with Crippen molar-refractivity contribution in [1.82, 2.24) is 15.6 Å². The second-order valence-electron chi connectivity index (χ2n) is 3.52. The molecule has 2 N–H and O–H groups in total. The molecule has 0 aromatic carbocycles. The number of hydrogen-bond acceptors (Lipinski definition) is 4. The van der Waals surface area contributed by atoms with Crippen LogP contribution in [0.3, 0.4) is 0 Å². The SMILES string of the molecule is C=CCNCC(=O)NC(C)c1ncc(C)s1. The fraction of sp³-hybridized carbons (Fsp3) is 0.455. The minimum absolute atomic E-state index is 0.0257. The lowest BCUT2D eigenvalue weighted by Crippen LogP contribution is -2.35. The molecular weight excluding hydrogens is 222 g/mol. The molecule has 1 rings (SSSR count). The Morgan fingerprint density at radius 1 is 1.75 bits per heavy atom. The number of nitrogens with one attached hydrogen (secondary N) is 2. The average Bonchev–Trinajstić information content (AvgIpc) is 2.65. The van der Waals surface area contributed by atoms with E-state index in [0.717, 1.165) is 9.88 Å². The predicted octanol–water partition coefficient (Wildman–Crippen LogP) is 1.40. The summed E-state index contributed by atoms with van der Waals surface area (Å²) in [5.74, 6) is -0.0257. The van der Waals surface area contributed by atoms with Gasteiger partial charge in [0.2, 0.25) is 5.91 Å². The highest BCUT2D eigenvalue weighted by atomic mass is 32.1. The molecule has 1 aromatic rings. The van der Waals surface area contributed by atoms with Gasteiger partial charge in [0.15, 0.2) is 0 Å². The Bertz CT molecular complexity index is 362. The van der Waals surface area contributed by atoms with E-state index in [9.17, 15) is 4.79 Å². The van der Waals surface area contributed by atoms with Crippen LogP contribution in [0, 0.1) is 6.92 Å². The highest BCUT2D eigenvalue weighted by Crippen LogP contribution is 2.18. The molecule has 0 bridgehead atoms. The first-order chi connectivity index (χ1) is 7.63. The Balaban J connectivity index is 2.36. The van der Waals surface area contributed by atoms with E-state index in [1.807, 2.05) is 20.0 Å². The van der Waals surface area contributed by atoms with Gasteiger partial charge in [-0.15, -0.1) is 17.9 Å². The van der Waals surface area contributed by atoms with Crippen LogP contribution in [0.15, 0.2) is 18.9 Å². The Kier molecular flexibility index (Phi) is 5.14. The quantitative estimate of drug-likeness (QED) is 0.583. The molecule has 16 heavy (non-hydrogen) atoms. The van der Waals surface area contributed by atoms with Crippen LogP contribution < -0.4 is 10.6 Å². The van der Waals surface area contributed by atoms with Gasteiger partial charge in [0.1, 0.15) is 5.01 Å². The molecule has 0 aliphatic heterocycles. The number of aromatic nitrogens is 1. The van der Waals surface area contributed by atoms with E-state index < -0.39 is 0 Å².